The van der Waals surface area contributed by atoms with Crippen LogP contribution in [0.15, 0.2) is 36.7 Å². The zero-order chi connectivity index (χ0) is 22.5. The lowest BCUT2D eigenvalue weighted by Crippen LogP contribution is -2.33. The summed E-state index contributed by atoms with van der Waals surface area (Å²) in [5, 5.41) is 23.8. The predicted octanol–water partition coefficient (Wildman–Crippen LogP) is 2.23. The van der Waals surface area contributed by atoms with Crippen LogP contribution in [0.25, 0.3) is 0 Å². The first kappa shape index (κ1) is 23.0. The fourth-order valence-corrected chi connectivity index (χ4v) is 3.49. The number of anilines is 3. The molecule has 1 aromatic carbocycles. The summed E-state index contributed by atoms with van der Waals surface area (Å²) in [7, 11) is -3.42. The molecule has 11 nitrogen and oxygen atoms in total. The van der Waals surface area contributed by atoms with Gasteiger partial charge >= 0.3 is 11.7 Å². The quantitative estimate of drug-likeness (QED) is 0.417. The maximum absolute atomic E-state index is 11.9. The molecular weight excluding hydrogens is 414 g/mol. The topological polar surface area (TPSA) is 156 Å². The molecule has 2 N–H and O–H groups in total. The Morgan fingerprint density at radius 1 is 1.27 bits per heavy atom. The van der Waals surface area contributed by atoms with E-state index in [0.29, 0.717) is 5.69 Å². The Morgan fingerprint density at radius 2 is 1.90 bits per heavy atom. The molecule has 1 aromatic heterocycles. The van der Waals surface area contributed by atoms with Crippen molar-refractivity contribution in [3.05, 3.63) is 46.8 Å². The number of aromatic nitrogens is 2. The summed E-state index contributed by atoms with van der Waals surface area (Å²) >= 11 is 0. The maximum atomic E-state index is 11.9. The number of nitrogens with one attached hydrogen (secondary N) is 1. The summed E-state index contributed by atoms with van der Waals surface area (Å²) in [4.78, 5) is 32.3. The van der Waals surface area contributed by atoms with Gasteiger partial charge in [-0.25, -0.2) is 23.2 Å². The van der Waals surface area contributed by atoms with Gasteiger partial charge in [-0.15, -0.1) is 0 Å². The molecule has 0 saturated heterocycles. The van der Waals surface area contributed by atoms with Crippen molar-refractivity contribution in [3.63, 3.8) is 0 Å². The smallest absolute Gasteiger partial charge is 0.353 e. The van der Waals surface area contributed by atoms with Crippen molar-refractivity contribution in [2.45, 2.75) is 32.4 Å². The summed E-state index contributed by atoms with van der Waals surface area (Å²) < 4.78 is 22.8. The van der Waals surface area contributed by atoms with Crippen LogP contribution in [0.2, 0.25) is 0 Å². The zero-order valence-corrected chi connectivity index (χ0v) is 17.5. The zero-order valence-electron chi connectivity index (χ0n) is 16.7. The van der Waals surface area contributed by atoms with E-state index in [2.05, 4.69) is 15.3 Å². The number of benzene rings is 1. The Balaban J connectivity index is 2.52. The van der Waals surface area contributed by atoms with E-state index in [9.17, 15) is 28.4 Å². The second-order valence-electron chi connectivity index (χ2n) is 6.90. The summed E-state index contributed by atoms with van der Waals surface area (Å²) in [5.74, 6) is -2.06. The molecule has 30 heavy (non-hydrogen) atoms. The van der Waals surface area contributed by atoms with E-state index in [-0.39, 0.29) is 24.1 Å². The molecule has 0 aliphatic rings. The van der Waals surface area contributed by atoms with E-state index < -0.39 is 38.2 Å². The van der Waals surface area contributed by atoms with Crippen LogP contribution in [-0.4, -0.2) is 58.5 Å². The number of sulfone groups is 1. The molecule has 0 aliphatic heterocycles. The lowest BCUT2D eigenvalue weighted by atomic mass is 10.2. The predicted molar refractivity (Wildman–Crippen MR) is 112 cm³/mol. The largest absolute Gasteiger partial charge is 0.480 e. The van der Waals surface area contributed by atoms with Crippen LogP contribution in [-0.2, 0) is 14.6 Å². The second kappa shape index (κ2) is 9.48. The van der Waals surface area contributed by atoms with Crippen LogP contribution in [0.5, 0.6) is 0 Å². The first-order valence-corrected chi connectivity index (χ1v) is 11.1. The Hall–Kier alpha value is -3.28. The molecule has 162 valence electrons. The number of carbonyl (C=O) groups is 1. The van der Waals surface area contributed by atoms with E-state index in [1.165, 1.54) is 0 Å². The molecule has 0 unspecified atom stereocenters. The highest BCUT2D eigenvalue weighted by Crippen LogP contribution is 2.37. The summed E-state index contributed by atoms with van der Waals surface area (Å²) in [6, 6.07) is 7.31. The number of hydrogen-bond acceptors (Lipinski definition) is 9. The standard InChI is InChI=1S/C18H23N5O6S/c1-12(2)22(13-7-5-4-6-8-13)17-15(23(26)27)16(19-11-20-17)21-14(18(24)25)9-10-30(3,28)29/h4-8,11-12,14H,9-10H2,1-3H3,(H,24,25)(H,19,20,21)/t14-/m0/s1. The lowest BCUT2D eigenvalue weighted by molar-refractivity contribution is -0.383. The maximum Gasteiger partial charge on any atom is 0.353 e. The van der Waals surface area contributed by atoms with Gasteiger partial charge in [0.25, 0.3) is 0 Å². The van der Waals surface area contributed by atoms with Gasteiger partial charge in [-0.05, 0) is 32.4 Å². The summed E-state index contributed by atoms with van der Waals surface area (Å²) in [5.41, 5.74) is 0.160. The van der Waals surface area contributed by atoms with E-state index in [1.807, 2.05) is 19.9 Å². The van der Waals surface area contributed by atoms with Crippen LogP contribution in [0.1, 0.15) is 20.3 Å². The van der Waals surface area contributed by atoms with Gasteiger partial charge in [0.15, 0.2) is 0 Å². The fraction of sp³-hybridized carbons (Fsp3) is 0.389. The van der Waals surface area contributed by atoms with E-state index in [4.69, 9.17) is 0 Å². The average molecular weight is 437 g/mol. The van der Waals surface area contributed by atoms with Gasteiger partial charge in [-0.1, -0.05) is 18.2 Å². The molecule has 0 aliphatic carbocycles. The average Bonchev–Trinajstić information content (AvgIpc) is 2.64. The van der Waals surface area contributed by atoms with E-state index in [1.54, 1.807) is 29.2 Å². The monoisotopic (exact) mass is 437 g/mol. The first-order chi connectivity index (χ1) is 14.0. The molecular formula is C18H23N5O6S. The van der Waals surface area contributed by atoms with Crippen molar-refractivity contribution in [1.29, 1.82) is 0 Å². The second-order valence-corrected chi connectivity index (χ2v) is 9.16. The minimum atomic E-state index is -3.42. The van der Waals surface area contributed by atoms with Crippen LogP contribution in [0.4, 0.5) is 23.0 Å². The highest BCUT2D eigenvalue weighted by Gasteiger charge is 2.31. The molecule has 12 heteroatoms. The number of carboxylic acid groups (broad SMARTS) is 1. The van der Waals surface area contributed by atoms with Crippen molar-refractivity contribution in [3.8, 4) is 0 Å². The fourth-order valence-electron chi connectivity index (χ4n) is 2.83. The third-order valence-electron chi connectivity index (χ3n) is 4.15. The van der Waals surface area contributed by atoms with Gasteiger partial charge in [0.1, 0.15) is 22.2 Å². The first-order valence-electron chi connectivity index (χ1n) is 9.02. The Morgan fingerprint density at radius 3 is 2.40 bits per heavy atom. The molecule has 0 spiro atoms. The minimum absolute atomic E-state index is 0.00838. The molecule has 2 rings (SSSR count). The number of nitro groups is 1. The van der Waals surface area contributed by atoms with Crippen molar-refractivity contribution >= 4 is 38.8 Å². The van der Waals surface area contributed by atoms with E-state index in [0.717, 1.165) is 12.6 Å². The Kier molecular flexibility index (Phi) is 7.27. The van der Waals surface area contributed by atoms with Crippen molar-refractivity contribution in [2.75, 3.05) is 22.2 Å². The van der Waals surface area contributed by atoms with Crippen LogP contribution in [0.3, 0.4) is 0 Å². The number of aliphatic carboxylic acids is 1. The number of carboxylic acids is 1. The third-order valence-corrected chi connectivity index (χ3v) is 5.13. The highest BCUT2D eigenvalue weighted by molar-refractivity contribution is 7.90. The van der Waals surface area contributed by atoms with Gasteiger partial charge in [-0.2, -0.15) is 0 Å². The van der Waals surface area contributed by atoms with Crippen LogP contribution in [0, 0.1) is 10.1 Å². The highest BCUT2D eigenvalue weighted by atomic mass is 32.2. The van der Waals surface area contributed by atoms with Gasteiger partial charge in [-0.3, -0.25) is 10.1 Å². The van der Waals surface area contributed by atoms with Crippen molar-refractivity contribution < 1.29 is 23.2 Å². The molecule has 0 amide bonds. The normalized spacial score (nSPS) is 12.4. The van der Waals surface area contributed by atoms with E-state index >= 15 is 0 Å². The van der Waals surface area contributed by atoms with Gasteiger partial charge in [0.2, 0.25) is 11.6 Å². The molecule has 0 radical (unpaired) electrons. The summed E-state index contributed by atoms with van der Waals surface area (Å²) in [6.07, 6.45) is 1.80. The summed E-state index contributed by atoms with van der Waals surface area (Å²) in [6.45, 7) is 3.66. The number of para-hydroxylation sites is 1. The van der Waals surface area contributed by atoms with Crippen molar-refractivity contribution in [1.82, 2.24) is 9.97 Å². The van der Waals surface area contributed by atoms with Crippen LogP contribution < -0.4 is 10.2 Å². The van der Waals surface area contributed by atoms with Gasteiger partial charge < -0.3 is 15.3 Å². The lowest BCUT2D eigenvalue weighted by Gasteiger charge is -2.28. The molecule has 1 atom stereocenters. The molecule has 2 aromatic rings. The van der Waals surface area contributed by atoms with Gasteiger partial charge in [0, 0.05) is 18.0 Å². The third kappa shape index (κ3) is 5.86. The molecule has 1 heterocycles. The Labute approximate surface area is 173 Å². The number of nitrogens with zero attached hydrogens (tertiary/aromatic N) is 4. The van der Waals surface area contributed by atoms with Gasteiger partial charge in [0.05, 0.1) is 10.7 Å². The number of hydrogen-bond donors (Lipinski definition) is 2. The minimum Gasteiger partial charge on any atom is -0.480 e. The molecule has 0 saturated carbocycles. The Bertz CT molecular complexity index is 1010. The SMILES string of the molecule is CC(C)N(c1ccccc1)c1ncnc(N[C@@H](CCS(C)(=O)=O)C(=O)O)c1[N+](=O)[O-]. The molecule has 0 bridgehead atoms. The number of rotatable bonds is 10. The molecule has 0 fully saturated rings. The van der Waals surface area contributed by atoms with Crippen LogP contribution >= 0.6 is 0 Å². The van der Waals surface area contributed by atoms with Crippen molar-refractivity contribution in [2.24, 2.45) is 0 Å².